The number of nitrogens with one attached hydrogen (secondary N) is 1. The Morgan fingerprint density at radius 3 is 2.50 bits per heavy atom. The van der Waals surface area contributed by atoms with E-state index in [1.807, 2.05) is 30.3 Å². The van der Waals surface area contributed by atoms with E-state index in [2.05, 4.69) is 9.62 Å². The summed E-state index contributed by atoms with van der Waals surface area (Å²) in [4.78, 5) is 1.74. The van der Waals surface area contributed by atoms with Gasteiger partial charge in [-0.3, -0.25) is 0 Å². The lowest BCUT2D eigenvalue weighted by Gasteiger charge is -2.27. The number of rotatable bonds is 5. The van der Waals surface area contributed by atoms with Gasteiger partial charge in [0.2, 0.25) is 10.0 Å². The summed E-state index contributed by atoms with van der Waals surface area (Å²) in [5.41, 5.74) is 0.0282. The van der Waals surface area contributed by atoms with E-state index >= 15 is 0 Å². The van der Waals surface area contributed by atoms with Crippen molar-refractivity contribution < 1.29 is 21.6 Å². The van der Waals surface area contributed by atoms with Gasteiger partial charge < -0.3 is 4.90 Å². The van der Waals surface area contributed by atoms with Gasteiger partial charge in [-0.1, -0.05) is 24.3 Å². The van der Waals surface area contributed by atoms with Crippen LogP contribution in [0.15, 0.2) is 59.5 Å². The van der Waals surface area contributed by atoms with Crippen molar-refractivity contribution in [2.24, 2.45) is 0 Å². The van der Waals surface area contributed by atoms with Gasteiger partial charge in [0.05, 0.1) is 10.5 Å². The zero-order chi connectivity index (χ0) is 18.8. The molecule has 1 N–H and O–H groups in total. The average molecular weight is 384 g/mol. The number of halogens is 3. The first-order valence-electron chi connectivity index (χ1n) is 8.26. The van der Waals surface area contributed by atoms with Crippen LogP contribution in [0.3, 0.4) is 0 Å². The maximum Gasteiger partial charge on any atom is 0.416 e. The van der Waals surface area contributed by atoms with E-state index in [0.717, 1.165) is 37.2 Å². The van der Waals surface area contributed by atoms with E-state index in [1.165, 1.54) is 6.07 Å². The van der Waals surface area contributed by atoms with Crippen molar-refractivity contribution in [1.82, 2.24) is 4.72 Å². The summed E-state index contributed by atoms with van der Waals surface area (Å²) < 4.78 is 65.7. The fraction of sp³-hybridized carbons (Fsp3) is 0.333. The van der Waals surface area contributed by atoms with Crippen LogP contribution in [0.2, 0.25) is 0 Å². The number of anilines is 1. The molecule has 1 unspecified atom stereocenters. The quantitative estimate of drug-likeness (QED) is 0.856. The summed E-state index contributed by atoms with van der Waals surface area (Å²) in [6, 6.07) is 13.4. The number of hydrogen-bond acceptors (Lipinski definition) is 3. The topological polar surface area (TPSA) is 49.4 Å². The Labute approximate surface area is 150 Å². The van der Waals surface area contributed by atoms with E-state index < -0.39 is 21.8 Å². The Bertz CT molecular complexity index is 854. The van der Waals surface area contributed by atoms with Gasteiger partial charge in [0.1, 0.15) is 0 Å². The highest BCUT2D eigenvalue weighted by molar-refractivity contribution is 7.89. The van der Waals surface area contributed by atoms with Crippen LogP contribution in [0.1, 0.15) is 18.4 Å². The van der Waals surface area contributed by atoms with Crippen LogP contribution in [0.4, 0.5) is 18.9 Å². The maximum atomic E-state index is 12.8. The molecule has 0 saturated carbocycles. The molecule has 1 atom stereocenters. The zero-order valence-corrected chi connectivity index (χ0v) is 14.7. The standard InChI is InChI=1S/C18H19F3N2O2S/c19-18(20,21)14-6-4-10-17(12-14)26(24,25)22-13-16-9-5-11-23(16)15-7-2-1-3-8-15/h1-4,6-8,10,12,16,22H,5,9,11,13H2. The first kappa shape index (κ1) is 18.7. The minimum atomic E-state index is -4.58. The van der Waals surface area contributed by atoms with Crippen LogP contribution in [0, 0.1) is 0 Å². The molecule has 0 radical (unpaired) electrons. The van der Waals surface area contributed by atoms with Gasteiger partial charge >= 0.3 is 6.18 Å². The van der Waals surface area contributed by atoms with Crippen molar-refractivity contribution in [3.05, 3.63) is 60.2 Å². The monoisotopic (exact) mass is 384 g/mol. The van der Waals surface area contributed by atoms with Crippen LogP contribution < -0.4 is 9.62 Å². The van der Waals surface area contributed by atoms with Crippen molar-refractivity contribution in [3.8, 4) is 0 Å². The van der Waals surface area contributed by atoms with E-state index in [-0.39, 0.29) is 17.5 Å². The SMILES string of the molecule is O=S(=O)(NCC1CCCN1c1ccccc1)c1cccc(C(F)(F)F)c1. The molecule has 26 heavy (non-hydrogen) atoms. The molecule has 0 aromatic heterocycles. The fourth-order valence-electron chi connectivity index (χ4n) is 3.14. The molecular weight excluding hydrogens is 365 g/mol. The highest BCUT2D eigenvalue weighted by Gasteiger charge is 2.32. The lowest BCUT2D eigenvalue weighted by Crippen LogP contribution is -2.40. The molecule has 3 rings (SSSR count). The van der Waals surface area contributed by atoms with Gasteiger partial charge in [-0.25, -0.2) is 13.1 Å². The number of hydrogen-bond donors (Lipinski definition) is 1. The van der Waals surface area contributed by atoms with E-state index in [0.29, 0.717) is 6.07 Å². The predicted octanol–water partition coefficient (Wildman–Crippen LogP) is 3.65. The Kier molecular flexibility index (Phi) is 5.24. The second kappa shape index (κ2) is 7.28. The van der Waals surface area contributed by atoms with E-state index in [1.54, 1.807) is 0 Å². The van der Waals surface area contributed by atoms with Crippen LogP contribution in [0.5, 0.6) is 0 Å². The molecule has 1 heterocycles. The molecule has 0 amide bonds. The van der Waals surface area contributed by atoms with Crippen LogP contribution in [-0.2, 0) is 16.2 Å². The van der Waals surface area contributed by atoms with Crippen LogP contribution >= 0.6 is 0 Å². The Morgan fingerprint density at radius 2 is 1.81 bits per heavy atom. The molecule has 1 aliphatic rings. The van der Waals surface area contributed by atoms with Gasteiger partial charge in [-0.15, -0.1) is 0 Å². The van der Waals surface area contributed by atoms with Crippen molar-refractivity contribution in [2.75, 3.05) is 18.0 Å². The third kappa shape index (κ3) is 4.19. The summed E-state index contributed by atoms with van der Waals surface area (Å²) in [5, 5.41) is 0. The molecule has 140 valence electrons. The van der Waals surface area contributed by atoms with Gasteiger partial charge in [0.15, 0.2) is 0 Å². The van der Waals surface area contributed by atoms with E-state index in [4.69, 9.17) is 0 Å². The number of benzene rings is 2. The fourth-order valence-corrected chi connectivity index (χ4v) is 4.25. The molecule has 4 nitrogen and oxygen atoms in total. The average Bonchev–Trinajstić information content (AvgIpc) is 3.09. The molecule has 0 bridgehead atoms. The number of sulfonamides is 1. The molecule has 8 heteroatoms. The van der Waals surface area contributed by atoms with Crippen molar-refractivity contribution in [3.63, 3.8) is 0 Å². The predicted molar refractivity (Wildman–Crippen MR) is 93.4 cm³/mol. The zero-order valence-electron chi connectivity index (χ0n) is 13.9. The molecule has 1 fully saturated rings. The first-order chi connectivity index (χ1) is 12.3. The summed E-state index contributed by atoms with van der Waals surface area (Å²) in [6.45, 7) is 0.966. The van der Waals surface area contributed by atoms with Gasteiger partial charge in [-0.2, -0.15) is 13.2 Å². The molecule has 0 spiro atoms. The molecule has 1 aliphatic heterocycles. The summed E-state index contributed by atoms with van der Waals surface area (Å²) in [7, 11) is -4.01. The lowest BCUT2D eigenvalue weighted by atomic mass is 10.2. The number of nitrogens with zero attached hydrogens (tertiary/aromatic N) is 1. The molecule has 0 aliphatic carbocycles. The summed E-state index contributed by atoms with van der Waals surface area (Å²) in [6.07, 6.45) is -2.83. The van der Waals surface area contributed by atoms with Gasteiger partial charge in [-0.05, 0) is 43.2 Å². The minimum Gasteiger partial charge on any atom is -0.367 e. The second-order valence-electron chi connectivity index (χ2n) is 6.20. The second-order valence-corrected chi connectivity index (χ2v) is 7.97. The lowest BCUT2D eigenvalue weighted by molar-refractivity contribution is -0.137. The molecule has 1 saturated heterocycles. The molecule has 2 aromatic carbocycles. The molecular formula is C18H19F3N2O2S. The smallest absolute Gasteiger partial charge is 0.367 e. The van der Waals surface area contributed by atoms with Crippen LogP contribution in [-0.4, -0.2) is 27.5 Å². The van der Waals surface area contributed by atoms with E-state index in [9.17, 15) is 21.6 Å². The maximum absolute atomic E-state index is 12.8. The van der Waals surface area contributed by atoms with Crippen molar-refractivity contribution >= 4 is 15.7 Å². The Morgan fingerprint density at radius 1 is 1.08 bits per heavy atom. The summed E-state index contributed by atoms with van der Waals surface area (Å²) in [5.74, 6) is 0. The number of alkyl halides is 3. The van der Waals surface area contributed by atoms with Crippen molar-refractivity contribution in [2.45, 2.75) is 30.0 Å². The summed E-state index contributed by atoms with van der Waals surface area (Å²) >= 11 is 0. The number of para-hydroxylation sites is 1. The molecule has 2 aromatic rings. The highest BCUT2D eigenvalue weighted by atomic mass is 32.2. The Hall–Kier alpha value is -2.06. The van der Waals surface area contributed by atoms with Gasteiger partial charge in [0, 0.05) is 24.8 Å². The third-order valence-electron chi connectivity index (χ3n) is 4.45. The largest absolute Gasteiger partial charge is 0.416 e. The third-order valence-corrected chi connectivity index (χ3v) is 5.87. The minimum absolute atomic E-state index is 0.0297. The Balaban J connectivity index is 1.72. The normalized spacial score (nSPS) is 18.3. The van der Waals surface area contributed by atoms with Gasteiger partial charge in [0.25, 0.3) is 0 Å². The first-order valence-corrected chi connectivity index (χ1v) is 9.74. The highest BCUT2D eigenvalue weighted by Crippen LogP contribution is 2.30. The van der Waals surface area contributed by atoms with Crippen molar-refractivity contribution in [1.29, 1.82) is 0 Å². The van der Waals surface area contributed by atoms with Crippen LogP contribution in [0.25, 0.3) is 0 Å².